The van der Waals surface area contributed by atoms with Crippen LogP contribution in [0, 0.1) is 5.82 Å². The number of benzene rings is 2. The molecule has 0 saturated carbocycles. The van der Waals surface area contributed by atoms with Crippen LogP contribution in [0.4, 0.5) is 13.2 Å². The lowest BCUT2D eigenvalue weighted by atomic mass is 9.97. The number of carbonyl (C=O) groups excluding carboxylic acids is 4. The predicted molar refractivity (Wildman–Crippen MR) is 122 cm³/mol. The van der Waals surface area contributed by atoms with Gasteiger partial charge in [-0.05, 0) is 56.0 Å². The molecule has 2 aliphatic rings. The van der Waals surface area contributed by atoms with Gasteiger partial charge in [-0.15, -0.1) is 0 Å². The molecule has 36 heavy (non-hydrogen) atoms. The number of ketones is 1. The molecule has 2 aromatic carbocycles. The Morgan fingerprint density at radius 1 is 1.17 bits per heavy atom. The minimum atomic E-state index is -4.02. The van der Waals surface area contributed by atoms with E-state index in [1.54, 1.807) is 26.0 Å². The van der Waals surface area contributed by atoms with Crippen molar-refractivity contribution in [1.29, 1.82) is 0 Å². The molecule has 4 rings (SSSR count). The van der Waals surface area contributed by atoms with Gasteiger partial charge in [0.25, 0.3) is 5.91 Å². The maximum absolute atomic E-state index is 14.8. The van der Waals surface area contributed by atoms with E-state index >= 15 is 0 Å². The van der Waals surface area contributed by atoms with Crippen LogP contribution >= 0.6 is 0 Å². The quantitative estimate of drug-likeness (QED) is 0.556. The molecule has 0 radical (unpaired) electrons. The Morgan fingerprint density at radius 3 is 2.58 bits per heavy atom. The number of rotatable bonds is 8. The number of Topliss-reactive ketones (excluding diaryl/α,β-unsaturated/α-hetero) is 1. The highest BCUT2D eigenvalue weighted by Gasteiger charge is 2.43. The molecule has 0 spiro atoms. The fraction of sp³-hybridized carbons (Fsp3) is 0.385. The summed E-state index contributed by atoms with van der Waals surface area (Å²) >= 11 is 0. The maximum Gasteiger partial charge on any atom is 0.333 e. The largest absolute Gasteiger partial charge is 0.491 e. The average Bonchev–Trinajstić information content (AvgIpc) is 3.12. The molecule has 190 valence electrons. The molecule has 10 heteroatoms. The van der Waals surface area contributed by atoms with Gasteiger partial charge in [-0.3, -0.25) is 24.5 Å². The van der Waals surface area contributed by atoms with E-state index in [0.717, 1.165) is 12.1 Å². The van der Waals surface area contributed by atoms with Crippen LogP contribution in [0.15, 0.2) is 36.4 Å². The molecule has 1 N–H and O–H groups in total. The number of piperidine rings is 1. The normalized spacial score (nSPS) is 17.9. The minimum absolute atomic E-state index is 0.0372. The first-order chi connectivity index (χ1) is 17.0. The van der Waals surface area contributed by atoms with Crippen LogP contribution in [0.1, 0.15) is 60.2 Å². The number of ether oxygens (including phenoxy) is 1. The van der Waals surface area contributed by atoms with Gasteiger partial charge in [0.05, 0.1) is 11.7 Å². The Bertz CT molecular complexity index is 1240. The maximum atomic E-state index is 14.8. The standard InChI is InChI=1S/C26H25F3N2O5/c1-14(2)36-17-5-7-19(20(27)12-17)26(28,29)22(32)9-4-15-3-6-18-16(11-15)13-31(25(18)35)21-8-10-23(33)30-24(21)34/h3,5-7,11-12,14,21H,4,8-10,13H2,1-2H3,(H,30,33,34). The van der Waals surface area contributed by atoms with E-state index in [0.29, 0.717) is 16.7 Å². The fourth-order valence-corrected chi connectivity index (χ4v) is 4.44. The second-order valence-electron chi connectivity index (χ2n) is 9.20. The highest BCUT2D eigenvalue weighted by molar-refractivity contribution is 6.05. The Morgan fingerprint density at radius 2 is 1.92 bits per heavy atom. The first-order valence-electron chi connectivity index (χ1n) is 11.6. The zero-order valence-corrected chi connectivity index (χ0v) is 19.8. The molecule has 0 aromatic heterocycles. The van der Waals surface area contributed by atoms with E-state index in [2.05, 4.69) is 5.32 Å². The number of nitrogens with zero attached hydrogens (tertiary/aromatic N) is 1. The van der Waals surface area contributed by atoms with Crippen molar-refractivity contribution in [2.45, 2.75) is 64.1 Å². The second kappa shape index (κ2) is 9.75. The van der Waals surface area contributed by atoms with Crippen molar-refractivity contribution in [2.24, 2.45) is 0 Å². The van der Waals surface area contributed by atoms with Gasteiger partial charge in [0.15, 0.2) is 0 Å². The van der Waals surface area contributed by atoms with Crippen LogP contribution in [0.5, 0.6) is 5.75 Å². The van der Waals surface area contributed by atoms with Crippen molar-refractivity contribution in [3.8, 4) is 5.75 Å². The number of hydrogen-bond acceptors (Lipinski definition) is 5. The van der Waals surface area contributed by atoms with E-state index in [1.807, 2.05) is 0 Å². The van der Waals surface area contributed by atoms with Gasteiger partial charge in [-0.25, -0.2) is 4.39 Å². The molecule has 2 aromatic rings. The van der Waals surface area contributed by atoms with Crippen molar-refractivity contribution >= 4 is 23.5 Å². The Kier molecular flexibility index (Phi) is 6.88. The molecule has 7 nitrogen and oxygen atoms in total. The molecule has 1 atom stereocenters. The van der Waals surface area contributed by atoms with Crippen LogP contribution < -0.4 is 10.1 Å². The number of aryl methyl sites for hydroxylation is 1. The summed E-state index contributed by atoms with van der Waals surface area (Å²) in [5.41, 5.74) is 0.527. The molecule has 2 heterocycles. The molecule has 0 aliphatic carbocycles. The lowest BCUT2D eigenvalue weighted by molar-refractivity contribution is -0.144. The Hall–Kier alpha value is -3.69. The first-order valence-corrected chi connectivity index (χ1v) is 11.6. The Labute approximate surface area is 205 Å². The second-order valence-corrected chi connectivity index (χ2v) is 9.20. The summed E-state index contributed by atoms with van der Waals surface area (Å²) in [5.74, 6) is -7.85. The zero-order valence-electron chi connectivity index (χ0n) is 19.8. The summed E-state index contributed by atoms with van der Waals surface area (Å²) < 4.78 is 49.2. The SMILES string of the molecule is CC(C)Oc1ccc(C(F)(F)C(=O)CCc2ccc3c(c2)CN(C2CCC(=O)NC2=O)C3=O)c(F)c1. The summed E-state index contributed by atoms with van der Waals surface area (Å²) in [5, 5.41) is 2.23. The van der Waals surface area contributed by atoms with Gasteiger partial charge >= 0.3 is 5.92 Å². The van der Waals surface area contributed by atoms with Gasteiger partial charge < -0.3 is 9.64 Å². The van der Waals surface area contributed by atoms with Crippen LogP contribution in [-0.4, -0.2) is 40.6 Å². The third-order valence-corrected chi connectivity index (χ3v) is 6.23. The third kappa shape index (κ3) is 4.98. The number of fused-ring (bicyclic) bond motifs is 1. The highest BCUT2D eigenvalue weighted by Crippen LogP contribution is 2.35. The van der Waals surface area contributed by atoms with Crippen LogP contribution in [-0.2, 0) is 33.3 Å². The van der Waals surface area contributed by atoms with E-state index in [1.165, 1.54) is 17.0 Å². The van der Waals surface area contributed by atoms with Crippen molar-refractivity contribution < 1.29 is 37.1 Å². The molecule has 3 amide bonds. The molecule has 1 unspecified atom stereocenters. The zero-order chi connectivity index (χ0) is 26.2. The van der Waals surface area contributed by atoms with Crippen LogP contribution in [0.2, 0.25) is 0 Å². The number of amides is 3. The third-order valence-electron chi connectivity index (χ3n) is 6.23. The Balaban J connectivity index is 1.42. The smallest absolute Gasteiger partial charge is 0.333 e. The summed E-state index contributed by atoms with van der Waals surface area (Å²) in [7, 11) is 0. The van der Waals surface area contributed by atoms with E-state index in [-0.39, 0.29) is 49.5 Å². The average molecular weight is 502 g/mol. The van der Waals surface area contributed by atoms with Gasteiger partial charge in [-0.2, -0.15) is 8.78 Å². The highest BCUT2D eigenvalue weighted by atomic mass is 19.3. The molecule has 1 fully saturated rings. The van der Waals surface area contributed by atoms with E-state index in [9.17, 15) is 32.3 Å². The first kappa shape index (κ1) is 25.4. The van der Waals surface area contributed by atoms with Crippen molar-refractivity contribution in [3.63, 3.8) is 0 Å². The van der Waals surface area contributed by atoms with Gasteiger partial charge in [-0.1, -0.05) is 12.1 Å². The summed E-state index contributed by atoms with van der Waals surface area (Å²) in [6, 6.07) is 6.87. The fourth-order valence-electron chi connectivity index (χ4n) is 4.44. The topological polar surface area (TPSA) is 92.8 Å². The number of hydrogen-bond donors (Lipinski definition) is 1. The van der Waals surface area contributed by atoms with Crippen molar-refractivity contribution in [2.75, 3.05) is 0 Å². The predicted octanol–water partition coefficient (Wildman–Crippen LogP) is 3.67. The molecule has 1 saturated heterocycles. The number of alkyl halides is 2. The van der Waals surface area contributed by atoms with Gasteiger partial charge in [0.2, 0.25) is 17.6 Å². The number of imide groups is 1. The molecular formula is C26H25F3N2O5. The molecule has 0 bridgehead atoms. The van der Waals surface area contributed by atoms with Gasteiger partial charge in [0.1, 0.15) is 17.6 Å². The summed E-state index contributed by atoms with van der Waals surface area (Å²) in [6.07, 6.45) is -0.491. The summed E-state index contributed by atoms with van der Waals surface area (Å²) in [4.78, 5) is 50.1. The monoisotopic (exact) mass is 502 g/mol. The van der Waals surface area contributed by atoms with Crippen LogP contribution in [0.3, 0.4) is 0 Å². The lowest BCUT2D eigenvalue weighted by Gasteiger charge is -2.29. The molecule has 2 aliphatic heterocycles. The number of halogens is 3. The minimum Gasteiger partial charge on any atom is -0.491 e. The van der Waals surface area contributed by atoms with Crippen LogP contribution in [0.25, 0.3) is 0 Å². The van der Waals surface area contributed by atoms with E-state index in [4.69, 9.17) is 4.74 Å². The lowest BCUT2D eigenvalue weighted by Crippen LogP contribution is -2.52. The summed E-state index contributed by atoms with van der Waals surface area (Å²) in [6.45, 7) is 3.56. The van der Waals surface area contributed by atoms with E-state index < -0.39 is 41.5 Å². The van der Waals surface area contributed by atoms with Gasteiger partial charge in [0, 0.05) is 31.0 Å². The van der Waals surface area contributed by atoms with Crippen molar-refractivity contribution in [1.82, 2.24) is 10.2 Å². The van der Waals surface area contributed by atoms with Crippen molar-refractivity contribution in [3.05, 3.63) is 64.5 Å². The number of carbonyl (C=O) groups is 4. The molecular weight excluding hydrogens is 477 g/mol. The number of nitrogens with one attached hydrogen (secondary N) is 1.